The van der Waals surface area contributed by atoms with Crippen LogP contribution in [-0.4, -0.2) is 18.0 Å². The molecule has 0 atom stereocenters. The molecule has 1 aromatic heterocycles. The lowest BCUT2D eigenvalue weighted by Gasteiger charge is -2.08. The zero-order valence-electron chi connectivity index (χ0n) is 14.4. The van der Waals surface area contributed by atoms with E-state index in [2.05, 4.69) is 33.9 Å². The number of hydrogen-bond acceptors (Lipinski definition) is 3. The molecule has 0 bridgehead atoms. The third-order valence-electron chi connectivity index (χ3n) is 3.97. The van der Waals surface area contributed by atoms with Crippen LogP contribution in [0.25, 0.3) is 11.0 Å². The van der Waals surface area contributed by atoms with Gasteiger partial charge in [0.25, 0.3) is 0 Å². The third-order valence-corrected chi connectivity index (χ3v) is 4.46. The predicted octanol–water partition coefficient (Wildman–Crippen LogP) is 5.57. The maximum Gasteiger partial charge on any atom is 0.157 e. The van der Waals surface area contributed by atoms with Crippen molar-refractivity contribution in [3.05, 3.63) is 69.9 Å². The number of benzene rings is 2. The first-order valence-corrected chi connectivity index (χ1v) is 9.20. The highest BCUT2D eigenvalue weighted by atomic mass is 79.9. The van der Waals surface area contributed by atoms with Crippen LogP contribution in [0.3, 0.4) is 0 Å². The minimum absolute atomic E-state index is 0.0284. The Morgan fingerprint density at radius 3 is 2.68 bits per heavy atom. The van der Waals surface area contributed by atoms with E-state index in [0.29, 0.717) is 0 Å². The predicted molar refractivity (Wildman–Crippen MR) is 106 cm³/mol. The van der Waals surface area contributed by atoms with Crippen molar-refractivity contribution in [1.82, 2.24) is 0 Å². The molecule has 128 valence electrons. The van der Waals surface area contributed by atoms with E-state index >= 15 is 0 Å². The molecule has 0 saturated carbocycles. The molecule has 3 nitrogen and oxygen atoms in total. The zero-order valence-corrected chi connectivity index (χ0v) is 16.0. The molecule has 0 N–H and O–H groups in total. The van der Waals surface area contributed by atoms with Crippen LogP contribution in [0.5, 0.6) is 0 Å². The van der Waals surface area contributed by atoms with Crippen LogP contribution in [0.15, 0.2) is 62.4 Å². The number of carbonyl (C=O) groups is 1. The Balaban J connectivity index is 2.22. The molecule has 0 fully saturated rings. The van der Waals surface area contributed by atoms with Crippen LogP contribution < -0.4 is 0 Å². The van der Waals surface area contributed by atoms with E-state index < -0.39 is 0 Å². The molecule has 0 radical (unpaired) electrons. The van der Waals surface area contributed by atoms with Crippen LogP contribution in [0.4, 0.5) is 0 Å². The molecule has 0 aliphatic rings. The normalized spacial score (nSPS) is 11.9. The number of furan rings is 1. The maximum atomic E-state index is 11.5. The lowest BCUT2D eigenvalue weighted by atomic mass is 10.00. The fraction of sp³-hybridized carbons (Fsp3) is 0.238. The van der Waals surface area contributed by atoms with Crippen molar-refractivity contribution in [2.24, 2.45) is 4.99 Å². The van der Waals surface area contributed by atoms with Crippen LogP contribution in [0, 0.1) is 0 Å². The third kappa shape index (κ3) is 3.90. The van der Waals surface area contributed by atoms with Gasteiger partial charge in [-0.2, -0.15) is 0 Å². The first-order chi connectivity index (χ1) is 12.1. The summed E-state index contributed by atoms with van der Waals surface area (Å²) < 4.78 is 7.15. The number of nitrogens with zero attached hydrogens (tertiary/aromatic N) is 1. The fourth-order valence-electron chi connectivity index (χ4n) is 2.91. The number of Topliss-reactive ketones (excluding diaryl/α,β-unsaturated/α-hetero) is 1. The molecule has 3 rings (SSSR count). The Morgan fingerprint density at radius 2 is 1.96 bits per heavy atom. The molecule has 3 aromatic rings. The summed E-state index contributed by atoms with van der Waals surface area (Å²) >= 11 is 3.51. The molecule has 2 aromatic carbocycles. The van der Waals surface area contributed by atoms with E-state index in [1.165, 1.54) is 0 Å². The minimum Gasteiger partial charge on any atom is -0.454 e. The smallest absolute Gasteiger partial charge is 0.157 e. The van der Waals surface area contributed by atoms with Gasteiger partial charge >= 0.3 is 0 Å². The molecule has 25 heavy (non-hydrogen) atoms. The minimum atomic E-state index is 0.0284. The number of carbonyl (C=O) groups excluding carboxylic acids is 1. The summed E-state index contributed by atoms with van der Waals surface area (Å²) in [6, 6.07) is 16.0. The van der Waals surface area contributed by atoms with Crippen LogP contribution in [0.2, 0.25) is 0 Å². The number of fused-ring (bicyclic) bond motifs is 1. The SMILES string of the molecule is CCCc1c(C(=NCC(C)=O)c2cccc(Br)c2)oc2ccccc12. The number of ketones is 1. The van der Waals surface area contributed by atoms with Gasteiger partial charge in [0, 0.05) is 21.0 Å². The van der Waals surface area contributed by atoms with E-state index in [0.717, 1.165) is 50.9 Å². The summed E-state index contributed by atoms with van der Waals surface area (Å²) in [5, 5.41) is 1.12. The van der Waals surface area contributed by atoms with Crippen LogP contribution in [-0.2, 0) is 11.2 Å². The van der Waals surface area contributed by atoms with Crippen molar-refractivity contribution < 1.29 is 9.21 Å². The molecule has 0 amide bonds. The highest BCUT2D eigenvalue weighted by molar-refractivity contribution is 9.10. The molecule has 1 heterocycles. The van der Waals surface area contributed by atoms with Gasteiger partial charge in [0.2, 0.25) is 0 Å². The van der Waals surface area contributed by atoms with Gasteiger partial charge in [-0.3, -0.25) is 9.79 Å². The number of hydrogen-bond donors (Lipinski definition) is 0. The monoisotopic (exact) mass is 397 g/mol. The number of aryl methyl sites for hydroxylation is 1. The first kappa shape index (κ1) is 17.6. The van der Waals surface area contributed by atoms with E-state index in [9.17, 15) is 4.79 Å². The highest BCUT2D eigenvalue weighted by Gasteiger charge is 2.20. The average molecular weight is 398 g/mol. The second-order valence-electron chi connectivity index (χ2n) is 6.03. The Hall–Kier alpha value is -2.20. The van der Waals surface area contributed by atoms with E-state index in [-0.39, 0.29) is 12.3 Å². The Kier molecular flexibility index (Phi) is 5.49. The molecule has 0 aliphatic carbocycles. The van der Waals surface area contributed by atoms with Crippen molar-refractivity contribution >= 4 is 38.4 Å². The van der Waals surface area contributed by atoms with E-state index in [1.54, 1.807) is 6.92 Å². The van der Waals surface area contributed by atoms with Gasteiger partial charge in [-0.1, -0.05) is 59.6 Å². The summed E-state index contributed by atoms with van der Waals surface area (Å²) in [6.45, 7) is 3.84. The second kappa shape index (κ2) is 7.79. The maximum absolute atomic E-state index is 11.5. The average Bonchev–Trinajstić information content (AvgIpc) is 2.94. The van der Waals surface area contributed by atoms with Crippen LogP contribution >= 0.6 is 15.9 Å². The first-order valence-electron chi connectivity index (χ1n) is 8.40. The molecular formula is C21H20BrNO2. The van der Waals surface area contributed by atoms with Crippen molar-refractivity contribution in [3.63, 3.8) is 0 Å². The highest BCUT2D eigenvalue weighted by Crippen LogP contribution is 2.30. The van der Waals surface area contributed by atoms with Gasteiger partial charge in [0.15, 0.2) is 11.5 Å². The number of rotatable bonds is 6. The Morgan fingerprint density at radius 1 is 1.16 bits per heavy atom. The molecule has 0 saturated heterocycles. The summed E-state index contributed by atoms with van der Waals surface area (Å²) in [5.74, 6) is 0.794. The van der Waals surface area contributed by atoms with Gasteiger partial charge in [-0.25, -0.2) is 0 Å². The number of aliphatic imine (C=N–C) groups is 1. The van der Waals surface area contributed by atoms with E-state index in [1.807, 2.05) is 42.5 Å². The molecule has 0 unspecified atom stereocenters. The summed E-state index contributed by atoms with van der Waals surface area (Å²) in [6.07, 6.45) is 1.91. The Bertz CT molecular complexity index is 940. The van der Waals surface area contributed by atoms with Crippen LogP contribution in [0.1, 0.15) is 37.2 Å². The van der Waals surface area contributed by atoms with Gasteiger partial charge in [0.05, 0.1) is 6.54 Å². The lowest BCUT2D eigenvalue weighted by molar-refractivity contribution is -0.115. The molecule has 0 spiro atoms. The second-order valence-corrected chi connectivity index (χ2v) is 6.95. The van der Waals surface area contributed by atoms with Gasteiger partial charge < -0.3 is 4.42 Å². The largest absolute Gasteiger partial charge is 0.454 e. The van der Waals surface area contributed by atoms with Crippen molar-refractivity contribution in [1.29, 1.82) is 0 Å². The van der Waals surface area contributed by atoms with Crippen molar-refractivity contribution in [2.75, 3.05) is 6.54 Å². The summed E-state index contributed by atoms with van der Waals surface area (Å²) in [7, 11) is 0. The zero-order chi connectivity index (χ0) is 17.8. The fourth-order valence-corrected chi connectivity index (χ4v) is 3.31. The molecule has 4 heteroatoms. The van der Waals surface area contributed by atoms with Crippen molar-refractivity contribution in [2.45, 2.75) is 26.7 Å². The van der Waals surface area contributed by atoms with Crippen molar-refractivity contribution in [3.8, 4) is 0 Å². The summed E-state index contributed by atoms with van der Waals surface area (Å²) in [4.78, 5) is 16.1. The molecule has 0 aliphatic heterocycles. The topological polar surface area (TPSA) is 42.6 Å². The number of halogens is 1. The van der Waals surface area contributed by atoms with Gasteiger partial charge in [-0.05, 0) is 31.5 Å². The summed E-state index contributed by atoms with van der Waals surface area (Å²) in [5.41, 5.74) is 3.68. The standard InChI is InChI=1S/C21H20BrNO2/c1-3-7-18-17-10-4-5-11-19(17)25-21(18)20(23-13-14(2)24)15-8-6-9-16(22)12-15/h4-6,8-12H,3,7,13H2,1-2H3. The number of para-hydroxylation sites is 1. The van der Waals surface area contributed by atoms with Gasteiger partial charge in [-0.15, -0.1) is 0 Å². The molecular weight excluding hydrogens is 378 g/mol. The Labute approximate surface area is 155 Å². The van der Waals surface area contributed by atoms with E-state index in [4.69, 9.17) is 4.42 Å². The van der Waals surface area contributed by atoms with Gasteiger partial charge in [0.1, 0.15) is 11.3 Å². The lowest BCUT2D eigenvalue weighted by Crippen LogP contribution is -2.08. The quantitative estimate of drug-likeness (QED) is 0.509.